The molecule has 0 aliphatic heterocycles. The van der Waals surface area contributed by atoms with Gasteiger partial charge in [-0.05, 0) is 36.4 Å². The lowest BCUT2D eigenvalue weighted by molar-refractivity contribution is -0.137. The molecule has 2 nitrogen and oxygen atoms in total. The highest BCUT2D eigenvalue weighted by atomic mass is 35.5. The number of halogens is 5. The zero-order chi connectivity index (χ0) is 15.6. The van der Waals surface area contributed by atoms with E-state index in [1.54, 1.807) is 6.07 Å². The lowest BCUT2D eigenvalue weighted by atomic mass is 10.1. The van der Waals surface area contributed by atoms with E-state index in [9.17, 15) is 17.6 Å². The summed E-state index contributed by atoms with van der Waals surface area (Å²) in [4.78, 5) is 0. The number of nitriles is 1. The van der Waals surface area contributed by atoms with Crippen LogP contribution in [0.4, 0.5) is 28.9 Å². The molecule has 0 aromatic heterocycles. The summed E-state index contributed by atoms with van der Waals surface area (Å²) < 4.78 is 51.3. The maximum absolute atomic E-state index is 13.6. The molecule has 0 saturated heterocycles. The minimum atomic E-state index is -4.55. The first kappa shape index (κ1) is 15.1. The van der Waals surface area contributed by atoms with E-state index < -0.39 is 17.6 Å². The molecule has 21 heavy (non-hydrogen) atoms. The molecular formula is C14H7ClF4N2. The Labute approximate surface area is 122 Å². The number of hydrogen-bond donors (Lipinski definition) is 1. The second-order valence-corrected chi connectivity index (χ2v) is 4.56. The summed E-state index contributed by atoms with van der Waals surface area (Å²) >= 11 is 5.72. The zero-order valence-corrected chi connectivity index (χ0v) is 11.1. The Hall–Kier alpha value is -2.26. The summed E-state index contributed by atoms with van der Waals surface area (Å²) in [5.41, 5.74) is -1.16. The fourth-order valence-electron chi connectivity index (χ4n) is 1.66. The van der Waals surface area contributed by atoms with Crippen LogP contribution in [0.2, 0.25) is 5.02 Å². The molecule has 7 heteroatoms. The van der Waals surface area contributed by atoms with E-state index in [1.165, 1.54) is 12.1 Å². The highest BCUT2D eigenvalue weighted by Gasteiger charge is 2.31. The predicted octanol–water partition coefficient (Wildman–Crippen LogP) is 5.11. The van der Waals surface area contributed by atoms with E-state index in [-0.39, 0.29) is 22.0 Å². The second-order valence-electron chi connectivity index (χ2n) is 4.12. The minimum Gasteiger partial charge on any atom is -0.352 e. The molecule has 108 valence electrons. The Bertz CT molecular complexity index is 720. The lowest BCUT2D eigenvalue weighted by Crippen LogP contribution is -2.06. The fourth-order valence-corrected chi connectivity index (χ4v) is 1.83. The third-order valence-corrected chi connectivity index (χ3v) is 2.90. The van der Waals surface area contributed by atoms with Crippen LogP contribution < -0.4 is 5.32 Å². The molecule has 0 amide bonds. The van der Waals surface area contributed by atoms with Crippen molar-refractivity contribution < 1.29 is 17.6 Å². The van der Waals surface area contributed by atoms with E-state index in [2.05, 4.69) is 5.32 Å². The van der Waals surface area contributed by atoms with Crippen molar-refractivity contribution in [2.45, 2.75) is 6.18 Å². The number of alkyl halides is 3. The summed E-state index contributed by atoms with van der Waals surface area (Å²) in [5, 5.41) is 11.7. The summed E-state index contributed by atoms with van der Waals surface area (Å²) in [5.74, 6) is -0.636. The minimum absolute atomic E-state index is 0.0289. The lowest BCUT2D eigenvalue weighted by Gasteiger charge is -2.12. The summed E-state index contributed by atoms with van der Waals surface area (Å²) in [6.07, 6.45) is -4.55. The molecule has 2 rings (SSSR count). The number of hydrogen-bond acceptors (Lipinski definition) is 2. The van der Waals surface area contributed by atoms with Gasteiger partial charge in [0, 0.05) is 5.02 Å². The molecule has 0 aliphatic carbocycles. The summed E-state index contributed by atoms with van der Waals surface area (Å²) in [6, 6.07) is 7.94. The van der Waals surface area contributed by atoms with E-state index in [0.717, 1.165) is 18.2 Å². The van der Waals surface area contributed by atoms with Crippen LogP contribution in [0.15, 0.2) is 36.4 Å². The van der Waals surface area contributed by atoms with Crippen molar-refractivity contribution >= 4 is 23.0 Å². The Morgan fingerprint density at radius 3 is 2.38 bits per heavy atom. The van der Waals surface area contributed by atoms with Gasteiger partial charge < -0.3 is 5.32 Å². The molecule has 0 spiro atoms. The Morgan fingerprint density at radius 2 is 1.76 bits per heavy atom. The van der Waals surface area contributed by atoms with Crippen molar-refractivity contribution in [2.24, 2.45) is 0 Å². The maximum atomic E-state index is 13.6. The van der Waals surface area contributed by atoms with Crippen molar-refractivity contribution in [3.05, 3.63) is 58.4 Å². The van der Waals surface area contributed by atoms with E-state index in [0.29, 0.717) is 6.07 Å². The number of anilines is 2. The Balaban J connectivity index is 2.41. The van der Waals surface area contributed by atoms with Gasteiger partial charge in [-0.25, -0.2) is 4.39 Å². The summed E-state index contributed by atoms with van der Waals surface area (Å²) in [7, 11) is 0. The predicted molar refractivity (Wildman–Crippen MR) is 70.9 cm³/mol. The van der Waals surface area contributed by atoms with Crippen molar-refractivity contribution in [1.82, 2.24) is 0 Å². The van der Waals surface area contributed by atoms with Crippen LogP contribution in [0, 0.1) is 17.1 Å². The number of benzene rings is 2. The molecule has 2 aromatic rings. The quantitative estimate of drug-likeness (QED) is 0.782. The second kappa shape index (κ2) is 5.62. The standard InChI is InChI=1S/C14H7ClF4N2/c15-10-2-3-11(16)13(6-10)21-12-4-1-9(14(17,18)19)5-8(12)7-20/h1-6,21H. The maximum Gasteiger partial charge on any atom is 0.416 e. The van der Waals surface area contributed by atoms with Crippen LogP contribution in [-0.2, 0) is 6.18 Å². The van der Waals surface area contributed by atoms with Gasteiger partial charge in [0.1, 0.15) is 11.9 Å². The van der Waals surface area contributed by atoms with Crippen LogP contribution in [0.1, 0.15) is 11.1 Å². The van der Waals surface area contributed by atoms with Crippen LogP contribution >= 0.6 is 11.6 Å². The van der Waals surface area contributed by atoms with Gasteiger partial charge in [-0.15, -0.1) is 0 Å². The molecular weight excluding hydrogens is 308 g/mol. The van der Waals surface area contributed by atoms with Crippen LogP contribution in [0.25, 0.3) is 0 Å². The SMILES string of the molecule is N#Cc1cc(C(F)(F)F)ccc1Nc1cc(Cl)ccc1F. The molecule has 0 heterocycles. The van der Waals surface area contributed by atoms with Crippen molar-refractivity contribution in [2.75, 3.05) is 5.32 Å². The van der Waals surface area contributed by atoms with E-state index in [1.807, 2.05) is 0 Å². The molecule has 0 bridgehead atoms. The highest BCUT2D eigenvalue weighted by molar-refractivity contribution is 6.30. The fraction of sp³-hybridized carbons (Fsp3) is 0.0714. The highest BCUT2D eigenvalue weighted by Crippen LogP contribution is 2.33. The van der Waals surface area contributed by atoms with Crippen LogP contribution in [0.5, 0.6) is 0 Å². The molecule has 0 saturated carbocycles. The van der Waals surface area contributed by atoms with Gasteiger partial charge in [0.25, 0.3) is 0 Å². The normalized spacial score (nSPS) is 11.0. The van der Waals surface area contributed by atoms with Gasteiger partial charge in [0.2, 0.25) is 0 Å². The van der Waals surface area contributed by atoms with Gasteiger partial charge in [-0.3, -0.25) is 0 Å². The first-order valence-corrected chi connectivity index (χ1v) is 6.02. The monoisotopic (exact) mass is 314 g/mol. The molecule has 0 unspecified atom stereocenters. The van der Waals surface area contributed by atoms with Crippen LogP contribution in [-0.4, -0.2) is 0 Å². The summed E-state index contributed by atoms with van der Waals surface area (Å²) in [6.45, 7) is 0. The smallest absolute Gasteiger partial charge is 0.352 e. The largest absolute Gasteiger partial charge is 0.416 e. The Morgan fingerprint density at radius 1 is 1.05 bits per heavy atom. The van der Waals surface area contributed by atoms with E-state index >= 15 is 0 Å². The molecule has 0 fully saturated rings. The number of rotatable bonds is 2. The average Bonchev–Trinajstić information content (AvgIpc) is 2.42. The van der Waals surface area contributed by atoms with Crippen LogP contribution in [0.3, 0.4) is 0 Å². The number of nitrogens with zero attached hydrogens (tertiary/aromatic N) is 1. The molecule has 0 aliphatic rings. The van der Waals surface area contributed by atoms with Gasteiger partial charge in [0.05, 0.1) is 22.5 Å². The molecule has 0 atom stereocenters. The third kappa shape index (κ3) is 3.44. The van der Waals surface area contributed by atoms with Gasteiger partial charge in [-0.1, -0.05) is 11.6 Å². The first-order chi connectivity index (χ1) is 9.81. The molecule has 0 radical (unpaired) electrons. The van der Waals surface area contributed by atoms with Crippen molar-refractivity contribution in [1.29, 1.82) is 5.26 Å². The topological polar surface area (TPSA) is 35.8 Å². The van der Waals surface area contributed by atoms with Gasteiger partial charge in [-0.2, -0.15) is 18.4 Å². The molecule has 1 N–H and O–H groups in total. The van der Waals surface area contributed by atoms with Crippen molar-refractivity contribution in [3.63, 3.8) is 0 Å². The average molecular weight is 315 g/mol. The van der Waals surface area contributed by atoms with E-state index in [4.69, 9.17) is 16.9 Å². The van der Waals surface area contributed by atoms with Gasteiger partial charge >= 0.3 is 6.18 Å². The van der Waals surface area contributed by atoms with Crippen molar-refractivity contribution in [3.8, 4) is 6.07 Å². The van der Waals surface area contributed by atoms with Gasteiger partial charge in [0.15, 0.2) is 0 Å². The third-order valence-electron chi connectivity index (χ3n) is 2.67. The number of nitrogens with one attached hydrogen (secondary N) is 1. The zero-order valence-electron chi connectivity index (χ0n) is 10.3. The molecule has 2 aromatic carbocycles. The Kier molecular flexibility index (Phi) is 4.05. The first-order valence-electron chi connectivity index (χ1n) is 5.64.